The molecule has 1 aromatic rings. The van der Waals surface area contributed by atoms with Crippen LogP contribution in [0.5, 0.6) is 0 Å². The Morgan fingerprint density at radius 2 is 2.00 bits per heavy atom. The minimum Gasteiger partial charge on any atom is -0.383 e. The molecule has 0 N–H and O–H groups in total. The van der Waals surface area contributed by atoms with Gasteiger partial charge in [-0.1, -0.05) is 6.07 Å². The smallest absolute Gasteiger partial charge is 0.182 e. The van der Waals surface area contributed by atoms with Crippen molar-refractivity contribution in [1.82, 2.24) is 4.90 Å². The van der Waals surface area contributed by atoms with Crippen LogP contribution in [0.15, 0.2) is 18.2 Å². The first-order chi connectivity index (χ1) is 10.0. The molecule has 1 aromatic carbocycles. The first-order valence-corrected chi connectivity index (χ1v) is 7.24. The van der Waals surface area contributed by atoms with Gasteiger partial charge in [0.25, 0.3) is 0 Å². The highest BCUT2D eigenvalue weighted by atomic mass is 19.1. The van der Waals surface area contributed by atoms with Crippen LogP contribution in [0.1, 0.15) is 30.1 Å². The normalized spacial score (nSPS) is 16.2. The van der Waals surface area contributed by atoms with Crippen LogP contribution in [0.2, 0.25) is 0 Å². The molecule has 0 radical (unpaired) electrons. The third kappa shape index (κ3) is 4.08. The van der Waals surface area contributed by atoms with Crippen LogP contribution in [0.25, 0.3) is 0 Å². The number of carbonyl (C=O) groups is 1. The standard InChI is InChI=1S/C16H21F2NO2/c1-11(12-6-7-12)19(8-9-21-2)10-15(20)16-13(17)4-3-5-14(16)18/h3-5,11-12H,6-10H2,1-2H3. The average Bonchev–Trinajstić information content (AvgIpc) is 3.27. The molecule has 1 unspecified atom stereocenters. The largest absolute Gasteiger partial charge is 0.383 e. The first kappa shape index (κ1) is 16.0. The summed E-state index contributed by atoms with van der Waals surface area (Å²) in [6.45, 7) is 3.14. The molecule has 1 aliphatic carbocycles. The van der Waals surface area contributed by atoms with Gasteiger partial charge in [0, 0.05) is 19.7 Å². The predicted octanol–water partition coefficient (Wildman–Crippen LogP) is 2.89. The molecule has 1 saturated carbocycles. The molecule has 1 fully saturated rings. The molecule has 0 heterocycles. The van der Waals surface area contributed by atoms with Crippen molar-refractivity contribution in [2.75, 3.05) is 26.8 Å². The summed E-state index contributed by atoms with van der Waals surface area (Å²) in [5, 5.41) is 0. The second-order valence-corrected chi connectivity index (χ2v) is 5.56. The Kier molecular flexibility index (Phi) is 5.42. The molecule has 0 bridgehead atoms. The summed E-state index contributed by atoms with van der Waals surface area (Å²) < 4.78 is 32.4. The van der Waals surface area contributed by atoms with E-state index in [0.717, 1.165) is 25.0 Å². The maximum absolute atomic E-state index is 13.7. The molecule has 116 valence electrons. The molecular formula is C16H21F2NO2. The van der Waals surface area contributed by atoms with Gasteiger partial charge in [-0.25, -0.2) is 8.78 Å². The van der Waals surface area contributed by atoms with Crippen molar-refractivity contribution < 1.29 is 18.3 Å². The van der Waals surface area contributed by atoms with E-state index < -0.39 is 23.0 Å². The monoisotopic (exact) mass is 297 g/mol. The highest BCUT2D eigenvalue weighted by Crippen LogP contribution is 2.35. The van der Waals surface area contributed by atoms with E-state index in [1.165, 1.54) is 6.07 Å². The van der Waals surface area contributed by atoms with Crippen LogP contribution in [-0.4, -0.2) is 43.5 Å². The van der Waals surface area contributed by atoms with Crippen LogP contribution in [0.3, 0.4) is 0 Å². The number of hydrogen-bond acceptors (Lipinski definition) is 3. The summed E-state index contributed by atoms with van der Waals surface area (Å²) in [6, 6.07) is 3.70. The van der Waals surface area contributed by atoms with E-state index in [-0.39, 0.29) is 12.6 Å². The Morgan fingerprint density at radius 1 is 1.38 bits per heavy atom. The molecular weight excluding hydrogens is 276 g/mol. The fourth-order valence-corrected chi connectivity index (χ4v) is 2.54. The molecule has 21 heavy (non-hydrogen) atoms. The van der Waals surface area contributed by atoms with Crippen molar-refractivity contribution in [3.63, 3.8) is 0 Å². The number of ether oxygens (including phenoxy) is 1. The lowest BCUT2D eigenvalue weighted by atomic mass is 10.1. The number of nitrogens with zero attached hydrogens (tertiary/aromatic N) is 1. The zero-order chi connectivity index (χ0) is 15.4. The summed E-state index contributed by atoms with van der Waals surface area (Å²) in [6.07, 6.45) is 2.29. The fraction of sp³-hybridized carbons (Fsp3) is 0.562. The van der Waals surface area contributed by atoms with Crippen molar-refractivity contribution in [2.24, 2.45) is 5.92 Å². The van der Waals surface area contributed by atoms with Crippen LogP contribution < -0.4 is 0 Å². The van der Waals surface area contributed by atoms with E-state index >= 15 is 0 Å². The van der Waals surface area contributed by atoms with Gasteiger partial charge >= 0.3 is 0 Å². The minimum absolute atomic E-state index is 0.0128. The van der Waals surface area contributed by atoms with Crippen LogP contribution in [0, 0.1) is 17.6 Å². The number of carbonyl (C=O) groups excluding carboxylic acids is 1. The Morgan fingerprint density at radius 3 is 2.52 bits per heavy atom. The Bertz CT molecular complexity index is 483. The van der Waals surface area contributed by atoms with Crippen molar-refractivity contribution in [3.8, 4) is 0 Å². The SMILES string of the molecule is COCCN(CC(=O)c1c(F)cccc1F)C(C)C1CC1. The van der Waals surface area contributed by atoms with Crippen molar-refractivity contribution in [2.45, 2.75) is 25.8 Å². The number of halogens is 2. The molecule has 0 aliphatic heterocycles. The van der Waals surface area contributed by atoms with Gasteiger partial charge in [-0.2, -0.15) is 0 Å². The maximum Gasteiger partial charge on any atom is 0.182 e. The minimum atomic E-state index is -0.800. The zero-order valence-corrected chi connectivity index (χ0v) is 12.4. The summed E-state index contributed by atoms with van der Waals surface area (Å²) in [5.41, 5.74) is -0.442. The number of ketones is 1. The molecule has 0 spiro atoms. The number of benzene rings is 1. The van der Waals surface area contributed by atoms with Gasteiger partial charge in [-0.3, -0.25) is 9.69 Å². The quantitative estimate of drug-likeness (QED) is 0.691. The van der Waals surface area contributed by atoms with Gasteiger partial charge in [0.1, 0.15) is 11.6 Å². The highest BCUT2D eigenvalue weighted by molar-refractivity contribution is 5.98. The Labute approximate surface area is 123 Å². The third-order valence-electron chi connectivity index (χ3n) is 4.05. The van der Waals surface area contributed by atoms with Gasteiger partial charge in [-0.05, 0) is 37.8 Å². The summed E-state index contributed by atoms with van der Waals surface area (Å²) in [4.78, 5) is 14.2. The maximum atomic E-state index is 13.7. The van der Waals surface area contributed by atoms with Gasteiger partial charge in [0.2, 0.25) is 0 Å². The van der Waals surface area contributed by atoms with Crippen LogP contribution >= 0.6 is 0 Å². The lowest BCUT2D eigenvalue weighted by Gasteiger charge is -2.28. The van der Waals surface area contributed by atoms with E-state index in [9.17, 15) is 13.6 Å². The number of rotatable bonds is 8. The number of methoxy groups -OCH3 is 1. The van der Waals surface area contributed by atoms with Gasteiger partial charge in [0.05, 0.1) is 18.7 Å². The molecule has 2 rings (SSSR count). The molecule has 1 atom stereocenters. The van der Waals surface area contributed by atoms with Crippen molar-refractivity contribution in [3.05, 3.63) is 35.4 Å². The first-order valence-electron chi connectivity index (χ1n) is 7.24. The van der Waals surface area contributed by atoms with Crippen molar-refractivity contribution in [1.29, 1.82) is 0 Å². The zero-order valence-electron chi connectivity index (χ0n) is 12.4. The molecule has 3 nitrogen and oxygen atoms in total. The Hall–Kier alpha value is -1.33. The van der Waals surface area contributed by atoms with E-state index in [2.05, 4.69) is 6.92 Å². The predicted molar refractivity (Wildman–Crippen MR) is 76.3 cm³/mol. The number of Topliss-reactive ketones (excluding diaryl/α,β-unsaturated/α-hetero) is 1. The summed E-state index contributed by atoms with van der Waals surface area (Å²) >= 11 is 0. The molecule has 5 heteroatoms. The van der Waals surface area contributed by atoms with E-state index in [4.69, 9.17) is 4.74 Å². The van der Waals surface area contributed by atoms with Crippen LogP contribution in [-0.2, 0) is 4.74 Å². The molecule has 0 aromatic heterocycles. The number of hydrogen-bond donors (Lipinski definition) is 0. The van der Waals surface area contributed by atoms with Gasteiger partial charge in [0.15, 0.2) is 5.78 Å². The highest BCUT2D eigenvalue weighted by Gasteiger charge is 2.33. The van der Waals surface area contributed by atoms with Gasteiger partial charge in [-0.15, -0.1) is 0 Å². The molecule has 0 saturated heterocycles. The van der Waals surface area contributed by atoms with Gasteiger partial charge < -0.3 is 4.74 Å². The van der Waals surface area contributed by atoms with E-state index in [1.54, 1.807) is 7.11 Å². The fourth-order valence-electron chi connectivity index (χ4n) is 2.54. The van der Waals surface area contributed by atoms with Crippen LogP contribution in [0.4, 0.5) is 8.78 Å². The average molecular weight is 297 g/mol. The summed E-state index contributed by atoms with van der Waals surface area (Å²) in [5.74, 6) is -1.55. The van der Waals surface area contributed by atoms with E-state index in [0.29, 0.717) is 19.1 Å². The second-order valence-electron chi connectivity index (χ2n) is 5.56. The Balaban J connectivity index is 2.09. The lowest BCUT2D eigenvalue weighted by Crippen LogP contribution is -2.41. The third-order valence-corrected chi connectivity index (χ3v) is 4.05. The molecule has 0 amide bonds. The van der Waals surface area contributed by atoms with Crippen molar-refractivity contribution >= 4 is 5.78 Å². The van der Waals surface area contributed by atoms with E-state index in [1.807, 2.05) is 4.90 Å². The summed E-state index contributed by atoms with van der Waals surface area (Å²) in [7, 11) is 1.60. The molecule has 1 aliphatic rings. The lowest BCUT2D eigenvalue weighted by molar-refractivity contribution is 0.0809. The second kappa shape index (κ2) is 7.09. The topological polar surface area (TPSA) is 29.5 Å².